The third-order valence-electron chi connectivity index (χ3n) is 8.22. The SMILES string of the molecule is Cc1cccc2c(S(=O)(=O)N(C)C[C@H](C(=O)NO)[C@@H](CC3CCCC3)C(=O)N3CCCCC3)cccc12. The van der Waals surface area contributed by atoms with Crippen molar-refractivity contribution in [2.24, 2.45) is 17.8 Å². The average molecular weight is 530 g/mol. The van der Waals surface area contributed by atoms with Gasteiger partial charge in [-0.2, -0.15) is 0 Å². The summed E-state index contributed by atoms with van der Waals surface area (Å²) in [7, 11) is -2.54. The summed E-state index contributed by atoms with van der Waals surface area (Å²) in [6, 6.07) is 10.7. The third-order valence-corrected chi connectivity index (χ3v) is 10.1. The molecule has 1 heterocycles. The molecule has 0 bridgehead atoms. The molecule has 8 nitrogen and oxygen atoms in total. The minimum Gasteiger partial charge on any atom is -0.342 e. The van der Waals surface area contributed by atoms with Gasteiger partial charge in [-0.1, -0.05) is 56.0 Å². The maximum absolute atomic E-state index is 13.8. The first-order valence-corrected chi connectivity index (χ1v) is 14.9. The third kappa shape index (κ3) is 5.99. The molecular formula is C28H39N3O5S. The molecule has 0 radical (unpaired) electrons. The highest BCUT2D eigenvalue weighted by Gasteiger charge is 2.40. The second-order valence-corrected chi connectivity index (χ2v) is 12.7. The van der Waals surface area contributed by atoms with E-state index in [1.165, 1.54) is 7.05 Å². The lowest BCUT2D eigenvalue weighted by atomic mass is 9.81. The fraction of sp³-hybridized carbons (Fsp3) is 0.571. The summed E-state index contributed by atoms with van der Waals surface area (Å²) < 4.78 is 28.7. The molecule has 1 saturated carbocycles. The maximum Gasteiger partial charge on any atom is 0.248 e. The molecule has 2 N–H and O–H groups in total. The Morgan fingerprint density at radius 3 is 2.32 bits per heavy atom. The van der Waals surface area contributed by atoms with Gasteiger partial charge >= 0.3 is 0 Å². The summed E-state index contributed by atoms with van der Waals surface area (Å²) in [6.45, 7) is 3.03. The van der Waals surface area contributed by atoms with Crippen LogP contribution in [0.4, 0.5) is 0 Å². The van der Waals surface area contributed by atoms with Crippen LogP contribution in [0.25, 0.3) is 10.8 Å². The Bertz CT molecular complexity index is 1220. The van der Waals surface area contributed by atoms with Crippen LogP contribution in [0.1, 0.15) is 56.9 Å². The van der Waals surface area contributed by atoms with Crippen molar-refractivity contribution in [3.8, 4) is 0 Å². The number of amides is 2. The summed E-state index contributed by atoms with van der Waals surface area (Å²) in [5.41, 5.74) is 2.70. The number of sulfonamides is 1. The van der Waals surface area contributed by atoms with Crippen molar-refractivity contribution in [1.82, 2.24) is 14.7 Å². The summed E-state index contributed by atoms with van der Waals surface area (Å²) in [5.74, 6) is -2.20. The molecule has 9 heteroatoms. The van der Waals surface area contributed by atoms with E-state index in [-0.39, 0.29) is 17.3 Å². The zero-order chi connectivity index (χ0) is 26.6. The van der Waals surface area contributed by atoms with E-state index < -0.39 is 27.8 Å². The van der Waals surface area contributed by atoms with E-state index in [2.05, 4.69) is 0 Å². The Balaban J connectivity index is 1.66. The zero-order valence-corrected chi connectivity index (χ0v) is 22.7. The molecule has 4 rings (SSSR count). The van der Waals surface area contributed by atoms with Gasteiger partial charge in [0.15, 0.2) is 0 Å². The molecule has 1 aliphatic carbocycles. The van der Waals surface area contributed by atoms with Crippen molar-refractivity contribution in [2.45, 2.75) is 63.2 Å². The summed E-state index contributed by atoms with van der Waals surface area (Å²) in [4.78, 5) is 28.8. The highest BCUT2D eigenvalue weighted by Crippen LogP contribution is 2.35. The number of likely N-dealkylation sites (tertiary alicyclic amines) is 1. The van der Waals surface area contributed by atoms with Gasteiger partial charge in [0.1, 0.15) is 0 Å². The summed E-state index contributed by atoms with van der Waals surface area (Å²) in [5, 5.41) is 11.1. The highest BCUT2D eigenvalue weighted by molar-refractivity contribution is 7.89. The largest absolute Gasteiger partial charge is 0.342 e. The zero-order valence-electron chi connectivity index (χ0n) is 21.9. The van der Waals surface area contributed by atoms with Crippen molar-refractivity contribution >= 4 is 32.6 Å². The van der Waals surface area contributed by atoms with Crippen LogP contribution >= 0.6 is 0 Å². The van der Waals surface area contributed by atoms with E-state index in [1.807, 2.05) is 30.0 Å². The number of hydrogen-bond donors (Lipinski definition) is 2. The van der Waals surface area contributed by atoms with Gasteiger partial charge in [-0.05, 0) is 55.5 Å². The van der Waals surface area contributed by atoms with Gasteiger partial charge in [-0.25, -0.2) is 18.2 Å². The number of rotatable bonds is 9. The number of fused-ring (bicyclic) bond motifs is 1. The second-order valence-electron chi connectivity index (χ2n) is 10.7. The van der Waals surface area contributed by atoms with E-state index >= 15 is 0 Å². The van der Waals surface area contributed by atoms with Gasteiger partial charge in [0.25, 0.3) is 0 Å². The van der Waals surface area contributed by atoms with E-state index in [0.29, 0.717) is 30.8 Å². The molecule has 1 saturated heterocycles. The van der Waals surface area contributed by atoms with Crippen molar-refractivity contribution in [3.63, 3.8) is 0 Å². The Labute approximate surface area is 220 Å². The average Bonchev–Trinajstić information content (AvgIpc) is 3.43. The number of nitrogens with one attached hydrogen (secondary N) is 1. The number of benzene rings is 2. The van der Waals surface area contributed by atoms with E-state index in [1.54, 1.807) is 23.7 Å². The molecule has 1 aliphatic heterocycles. The van der Waals surface area contributed by atoms with Crippen LogP contribution in [0.15, 0.2) is 41.3 Å². The fourth-order valence-corrected chi connectivity index (χ4v) is 7.47. The lowest BCUT2D eigenvalue weighted by Gasteiger charge is -2.35. The maximum atomic E-state index is 13.8. The molecule has 2 aromatic rings. The van der Waals surface area contributed by atoms with Gasteiger partial charge < -0.3 is 4.90 Å². The molecule has 2 aromatic carbocycles. The van der Waals surface area contributed by atoms with Crippen LogP contribution in [-0.2, 0) is 19.6 Å². The first-order valence-electron chi connectivity index (χ1n) is 13.4. The molecule has 2 atom stereocenters. The summed E-state index contributed by atoms with van der Waals surface area (Å²) >= 11 is 0. The first kappa shape index (κ1) is 27.5. The minimum absolute atomic E-state index is 0.105. The van der Waals surface area contributed by atoms with Crippen LogP contribution in [0.2, 0.25) is 0 Å². The van der Waals surface area contributed by atoms with E-state index in [4.69, 9.17) is 0 Å². The van der Waals surface area contributed by atoms with Crippen molar-refractivity contribution < 1.29 is 23.2 Å². The predicted octanol–water partition coefficient (Wildman–Crippen LogP) is 4.10. The Kier molecular flexibility index (Phi) is 8.87. The van der Waals surface area contributed by atoms with Gasteiger partial charge in [0, 0.05) is 32.1 Å². The second kappa shape index (κ2) is 11.9. The molecule has 37 heavy (non-hydrogen) atoms. The molecule has 2 fully saturated rings. The lowest BCUT2D eigenvalue weighted by Crippen LogP contribution is -2.49. The number of piperidine rings is 1. The number of carbonyl (C=O) groups excluding carboxylic acids is 2. The topological polar surface area (TPSA) is 107 Å². The quantitative estimate of drug-likeness (QED) is 0.376. The molecular weight excluding hydrogens is 490 g/mol. The summed E-state index contributed by atoms with van der Waals surface area (Å²) in [6.07, 6.45) is 7.64. The van der Waals surface area contributed by atoms with Gasteiger partial charge in [-0.3, -0.25) is 14.8 Å². The normalized spacial score (nSPS) is 18.8. The standard InChI is InChI=1S/C28H39N3O5S/c1-20-10-8-14-23-22(20)13-9-15-26(23)37(35,36)30(2)19-25(27(32)29-34)24(18-21-11-4-5-12-21)28(33)31-16-6-3-7-17-31/h8-10,13-15,21,24-25,34H,3-7,11-12,16-19H2,1-2H3,(H,29,32)/t24-,25+/m1/s1. The van der Waals surface area contributed by atoms with Crippen molar-refractivity contribution in [3.05, 3.63) is 42.0 Å². The Morgan fingerprint density at radius 2 is 1.65 bits per heavy atom. The van der Waals surface area contributed by atoms with Crippen molar-refractivity contribution in [2.75, 3.05) is 26.7 Å². The van der Waals surface area contributed by atoms with Gasteiger partial charge in [-0.15, -0.1) is 0 Å². The van der Waals surface area contributed by atoms with Crippen LogP contribution < -0.4 is 5.48 Å². The smallest absolute Gasteiger partial charge is 0.248 e. The molecule has 2 aliphatic rings. The Hall–Kier alpha value is -2.49. The monoisotopic (exact) mass is 529 g/mol. The minimum atomic E-state index is -3.98. The fourth-order valence-electron chi connectivity index (χ4n) is 6.07. The van der Waals surface area contributed by atoms with Crippen LogP contribution in [0.3, 0.4) is 0 Å². The van der Waals surface area contributed by atoms with Crippen molar-refractivity contribution in [1.29, 1.82) is 0 Å². The van der Waals surface area contributed by atoms with Crippen LogP contribution in [-0.4, -0.2) is 61.3 Å². The molecule has 0 unspecified atom stereocenters. The number of hydrogen-bond acceptors (Lipinski definition) is 5. The molecule has 202 valence electrons. The Morgan fingerprint density at radius 1 is 1.00 bits per heavy atom. The molecule has 2 amide bonds. The van der Waals surface area contributed by atoms with Gasteiger partial charge in [0.2, 0.25) is 21.8 Å². The number of aryl methyl sites for hydroxylation is 1. The number of carbonyl (C=O) groups is 2. The molecule has 0 spiro atoms. The predicted molar refractivity (Wildman–Crippen MR) is 142 cm³/mol. The van der Waals surface area contributed by atoms with Crippen LogP contribution in [0.5, 0.6) is 0 Å². The number of nitrogens with zero attached hydrogens (tertiary/aromatic N) is 2. The van der Waals surface area contributed by atoms with Crippen LogP contribution in [0, 0.1) is 24.7 Å². The molecule has 0 aromatic heterocycles. The van der Waals surface area contributed by atoms with E-state index in [0.717, 1.165) is 60.2 Å². The highest BCUT2D eigenvalue weighted by atomic mass is 32.2. The first-order chi connectivity index (χ1) is 17.7. The van der Waals surface area contributed by atoms with E-state index in [9.17, 15) is 23.2 Å². The number of hydroxylamine groups is 1. The lowest BCUT2D eigenvalue weighted by molar-refractivity contribution is -0.146. The van der Waals surface area contributed by atoms with Gasteiger partial charge in [0.05, 0.1) is 16.7 Å².